The fourth-order valence-electron chi connectivity index (χ4n) is 13.5. The van der Waals surface area contributed by atoms with Gasteiger partial charge in [-0.25, -0.2) is 9.59 Å². The third-order valence-corrected chi connectivity index (χ3v) is 21.6. The number of aryl methyl sites for hydroxylation is 2. The van der Waals surface area contributed by atoms with Crippen molar-refractivity contribution in [1.82, 2.24) is 23.2 Å². The topological polar surface area (TPSA) is 361 Å². The van der Waals surface area contributed by atoms with Crippen molar-refractivity contribution in [2.75, 3.05) is 27.9 Å². The van der Waals surface area contributed by atoms with Crippen LogP contribution in [-0.2, 0) is 46.4 Å². The van der Waals surface area contributed by atoms with E-state index in [-0.39, 0.29) is 90.1 Å². The Morgan fingerprint density at radius 2 is 0.829 bits per heavy atom. The molecule has 9 heterocycles. The minimum atomic E-state index is -0.514. The molecule has 0 saturated carbocycles. The van der Waals surface area contributed by atoms with Gasteiger partial charge in [-0.1, -0.05) is 80.4 Å². The molecular weight excluding hydrogens is 1600 g/mol. The number of carbonyl (C=O) groups is 3. The van der Waals surface area contributed by atoms with Crippen LogP contribution in [0.1, 0.15) is 62.2 Å². The minimum Gasteiger partial charge on any atom is -0.497 e. The summed E-state index contributed by atoms with van der Waals surface area (Å²) < 4.78 is 32.0. The zero-order valence-corrected chi connectivity index (χ0v) is 63.8. The molecule has 0 aliphatic carbocycles. The average molecular weight is 1660 g/mol. The first-order chi connectivity index (χ1) is 53.8. The SMILES string of the molecule is COC(=O)CCCn1c(O)c(N=O)c2ccc(-c3ccsc3)cc21.COc1ccc2c(Cn3c(O)c(N=O)c4ccc(-c5ccsc5)cc43)cc(=O)oc2c1.COc1ccc2c(Cn3c(O)c(N=O)c4ccc(CBr)cc43)cc(=O)oc2c1.O=Nc1c(O)n(CCCN2C(=O)c3ccccc3C2=O)c2cc(CBr)ccc12. The second kappa shape index (κ2) is 33.4. The highest BCUT2D eigenvalue weighted by molar-refractivity contribution is 9.08. The summed E-state index contributed by atoms with van der Waals surface area (Å²) in [7, 11) is 4.40. The standard InChI is InChI=1S/C23H16N2O5S.C20H16BrN3O4.C20H15BrN2O5.C17H16N2O4S/c1-29-16-3-5-17-15(9-21(26)30-20(17)10-16)11-25-19-8-13(14-6-7-31-12-14)2-4-18(19)22(24-28)23(25)27;21-11-12-6-7-15-16(10-12)23(20(27)17(15)22-28)8-3-9-24-18(25)13-4-1-2-5-14(13)19(24)26;1-27-13-3-5-14-12(7-18(24)28-17(14)8-13)10-23-16-6-11(9-21)2-4-15(16)19(22-26)20(23)25;1-23-15(20)3-2-7-19-14-9-11(12-6-8-24-10-12)4-5-13(14)16(18-22)17(19)21/h2-10,12,27H,11H2,1H3;1-2,4-7,10,27H,3,8-9,11H2;2-8,25H,9-10H2,1H3;4-6,8-10,21H,2-3,7H2,1H3. The number of aromatic nitrogens is 4. The molecule has 0 radical (unpaired) electrons. The van der Waals surface area contributed by atoms with Gasteiger partial charge in [0.15, 0.2) is 22.7 Å². The van der Waals surface area contributed by atoms with Gasteiger partial charge in [0.1, 0.15) is 22.7 Å². The first-order valence-electron chi connectivity index (χ1n) is 34.0. The molecule has 0 spiro atoms. The number of hydrogen-bond acceptors (Lipinski definition) is 24. The molecule has 7 aromatic carbocycles. The van der Waals surface area contributed by atoms with Gasteiger partial charge in [-0.2, -0.15) is 22.7 Å². The number of thiophene rings is 2. The number of carbonyl (C=O) groups excluding carboxylic acids is 3. The van der Waals surface area contributed by atoms with Crippen LogP contribution in [0.2, 0.25) is 0 Å². The summed E-state index contributed by atoms with van der Waals surface area (Å²) in [6.07, 6.45) is 1.16. The number of nitrogens with zero attached hydrogens (tertiary/aromatic N) is 9. The molecule has 0 unspecified atom stereocenters. The van der Waals surface area contributed by atoms with Crippen LogP contribution in [0, 0.1) is 19.6 Å². The Morgan fingerprint density at radius 3 is 1.23 bits per heavy atom. The number of fused-ring (bicyclic) bond motifs is 7. The van der Waals surface area contributed by atoms with Crippen molar-refractivity contribution in [2.45, 2.75) is 56.1 Å². The number of methoxy groups -OCH3 is 3. The number of esters is 1. The number of imide groups is 1. The molecular formula is C80H63Br2N9O18S2. The average Bonchev–Trinajstić information content (AvgIpc) is 1.64. The van der Waals surface area contributed by atoms with E-state index in [9.17, 15) is 64.0 Å². The fraction of sp³-hybridized carbons (Fsp3) is 0.163. The highest BCUT2D eigenvalue weighted by Crippen LogP contribution is 2.45. The van der Waals surface area contributed by atoms with Gasteiger partial charge in [0.2, 0.25) is 23.5 Å². The van der Waals surface area contributed by atoms with Crippen molar-refractivity contribution in [3.8, 4) is 57.3 Å². The predicted molar refractivity (Wildman–Crippen MR) is 432 cm³/mol. The number of rotatable bonds is 22. The molecule has 16 rings (SSSR count). The van der Waals surface area contributed by atoms with E-state index >= 15 is 0 Å². The highest BCUT2D eigenvalue weighted by atomic mass is 79.9. The van der Waals surface area contributed by atoms with E-state index in [1.165, 1.54) is 38.4 Å². The van der Waals surface area contributed by atoms with E-state index < -0.39 is 11.3 Å². The Bertz CT molecular complexity index is 6240. The van der Waals surface area contributed by atoms with E-state index in [1.54, 1.807) is 126 Å². The van der Waals surface area contributed by atoms with Gasteiger partial charge in [-0.15, -0.1) is 19.6 Å². The maximum absolute atomic E-state index is 12.5. The van der Waals surface area contributed by atoms with Gasteiger partial charge >= 0.3 is 17.2 Å². The second-order valence-electron chi connectivity index (χ2n) is 25.2. The van der Waals surface area contributed by atoms with E-state index in [0.717, 1.165) is 38.9 Å². The first kappa shape index (κ1) is 76.5. The predicted octanol–water partition coefficient (Wildman–Crippen LogP) is 19.2. The smallest absolute Gasteiger partial charge is 0.336 e. The third-order valence-electron chi connectivity index (χ3n) is 18.9. The second-order valence-corrected chi connectivity index (χ2v) is 27.9. The summed E-state index contributed by atoms with van der Waals surface area (Å²) in [5, 5.41) is 67.0. The molecule has 2 amide bonds. The molecule has 8 aromatic heterocycles. The molecule has 0 fully saturated rings. The van der Waals surface area contributed by atoms with Gasteiger partial charge in [0.25, 0.3) is 11.8 Å². The van der Waals surface area contributed by atoms with Crippen molar-refractivity contribution >= 4 is 161 Å². The molecule has 562 valence electrons. The number of benzene rings is 7. The summed E-state index contributed by atoms with van der Waals surface area (Å²) >= 11 is 9.99. The fourth-order valence-corrected chi connectivity index (χ4v) is 15.5. The largest absolute Gasteiger partial charge is 0.497 e. The summed E-state index contributed by atoms with van der Waals surface area (Å²) in [6, 6.07) is 46.1. The zero-order chi connectivity index (χ0) is 78.3. The molecule has 4 N–H and O–H groups in total. The molecule has 31 heteroatoms. The number of aromatic hydroxyl groups is 4. The van der Waals surface area contributed by atoms with E-state index in [4.69, 9.17) is 18.3 Å². The van der Waals surface area contributed by atoms with Crippen LogP contribution < -0.4 is 20.7 Å². The molecule has 15 aromatic rings. The van der Waals surface area contributed by atoms with Gasteiger partial charge in [0, 0.05) is 93.3 Å². The van der Waals surface area contributed by atoms with Gasteiger partial charge < -0.3 is 61.7 Å². The van der Waals surface area contributed by atoms with Gasteiger partial charge in [0.05, 0.1) is 67.6 Å². The van der Waals surface area contributed by atoms with Crippen LogP contribution in [0.25, 0.3) is 87.8 Å². The maximum atomic E-state index is 12.5. The highest BCUT2D eigenvalue weighted by Gasteiger charge is 2.35. The lowest BCUT2D eigenvalue weighted by atomic mass is 10.1. The Hall–Kier alpha value is -12.7. The van der Waals surface area contributed by atoms with Crippen LogP contribution in [-0.4, -0.2) is 89.3 Å². The van der Waals surface area contributed by atoms with Gasteiger partial charge in [-0.3, -0.25) is 19.3 Å². The molecule has 1 aliphatic heterocycles. The first-order valence-corrected chi connectivity index (χ1v) is 38.1. The van der Waals surface area contributed by atoms with Crippen LogP contribution in [0.4, 0.5) is 22.7 Å². The summed E-state index contributed by atoms with van der Waals surface area (Å²) in [6.45, 7) is 1.25. The normalized spacial score (nSPS) is 11.7. The Kier molecular flexibility index (Phi) is 23.0. The van der Waals surface area contributed by atoms with Crippen LogP contribution in [0.5, 0.6) is 35.0 Å². The number of amides is 2. The van der Waals surface area contributed by atoms with Crippen molar-refractivity contribution in [1.29, 1.82) is 0 Å². The van der Waals surface area contributed by atoms with Crippen molar-refractivity contribution in [2.24, 2.45) is 20.7 Å². The number of ether oxygens (including phenoxy) is 3. The number of hydrogen-bond donors (Lipinski definition) is 4. The lowest BCUT2D eigenvalue weighted by molar-refractivity contribution is -0.140. The number of nitroso groups, excluding NO2 is 4. The minimum absolute atomic E-state index is 0.00291. The molecule has 0 bridgehead atoms. The van der Waals surface area contributed by atoms with E-state index in [2.05, 4.69) is 57.3 Å². The molecule has 0 saturated heterocycles. The Balaban J connectivity index is 0.000000130. The van der Waals surface area contributed by atoms with Crippen LogP contribution in [0.3, 0.4) is 0 Å². The maximum Gasteiger partial charge on any atom is 0.336 e. The summed E-state index contributed by atoms with van der Waals surface area (Å²) in [5.41, 5.74) is 10.5. The number of halogens is 2. The van der Waals surface area contributed by atoms with E-state index in [1.807, 2.05) is 82.2 Å². The monoisotopic (exact) mass is 1660 g/mol. The Morgan fingerprint density at radius 1 is 0.441 bits per heavy atom. The third kappa shape index (κ3) is 15.3. The molecule has 1 aliphatic rings. The zero-order valence-electron chi connectivity index (χ0n) is 59.0. The van der Waals surface area contributed by atoms with Gasteiger partial charge in [-0.05, 0) is 185 Å². The van der Waals surface area contributed by atoms with Crippen molar-refractivity contribution in [3.63, 3.8) is 0 Å². The summed E-state index contributed by atoms with van der Waals surface area (Å²) in [4.78, 5) is 107. The molecule has 0 atom stereocenters. The van der Waals surface area contributed by atoms with E-state index in [0.29, 0.717) is 130 Å². The lowest BCUT2D eigenvalue weighted by Gasteiger charge is -2.14. The lowest BCUT2D eigenvalue weighted by Crippen LogP contribution is -2.31. The quantitative estimate of drug-likeness (QED) is 0.0161. The Labute approximate surface area is 652 Å². The van der Waals surface area contributed by atoms with Crippen molar-refractivity contribution in [3.05, 3.63) is 253 Å². The molecule has 27 nitrogen and oxygen atoms in total. The number of alkyl halides is 2. The molecule has 111 heavy (non-hydrogen) atoms. The van der Waals surface area contributed by atoms with Crippen LogP contribution >= 0.6 is 54.5 Å². The van der Waals surface area contributed by atoms with Crippen LogP contribution in [0.15, 0.2) is 218 Å². The summed E-state index contributed by atoms with van der Waals surface area (Å²) in [5.74, 6) is -0.663. The van der Waals surface area contributed by atoms with Crippen molar-refractivity contribution < 1.29 is 57.9 Å².